The molecule has 1 aromatic rings. The number of halogens is 1. The lowest BCUT2D eigenvalue weighted by Gasteiger charge is -2.38. The molecule has 0 aliphatic carbocycles. The first kappa shape index (κ1) is 14.4. The van der Waals surface area contributed by atoms with Crippen LogP contribution in [0.4, 0.5) is 5.69 Å². The smallest absolute Gasteiger partial charge is 0.303 e. The maximum absolute atomic E-state index is 10.8. The lowest BCUT2D eigenvalue weighted by molar-refractivity contribution is -0.137. The Balaban J connectivity index is 2.16. The van der Waals surface area contributed by atoms with E-state index in [1.54, 1.807) is 0 Å². The van der Waals surface area contributed by atoms with E-state index in [1.165, 1.54) is 24.1 Å². The fourth-order valence-electron chi connectivity index (χ4n) is 2.75. The van der Waals surface area contributed by atoms with Gasteiger partial charge in [-0.3, -0.25) is 4.79 Å². The number of benzene rings is 1. The Morgan fingerprint density at radius 2 is 2.26 bits per heavy atom. The Kier molecular flexibility index (Phi) is 4.86. The van der Waals surface area contributed by atoms with Gasteiger partial charge in [0.15, 0.2) is 0 Å². The summed E-state index contributed by atoms with van der Waals surface area (Å²) in [5.74, 6) is -0.700. The van der Waals surface area contributed by atoms with Crippen LogP contribution in [-0.4, -0.2) is 23.7 Å². The molecule has 1 unspecified atom stereocenters. The molecule has 0 saturated carbocycles. The fourth-order valence-corrected chi connectivity index (χ4v) is 3.47. The normalized spacial score (nSPS) is 19.5. The summed E-state index contributed by atoms with van der Waals surface area (Å²) >= 11 is 3.63. The minimum absolute atomic E-state index is 0.255. The molecule has 1 heterocycles. The van der Waals surface area contributed by atoms with Crippen LogP contribution in [0.25, 0.3) is 0 Å². The molecule has 1 fully saturated rings. The third kappa shape index (κ3) is 3.72. The van der Waals surface area contributed by atoms with Gasteiger partial charge in [-0.25, -0.2) is 0 Å². The van der Waals surface area contributed by atoms with Gasteiger partial charge < -0.3 is 10.0 Å². The topological polar surface area (TPSA) is 40.5 Å². The maximum atomic E-state index is 10.8. The van der Waals surface area contributed by atoms with Gasteiger partial charge in [0.05, 0.1) is 5.69 Å². The summed E-state index contributed by atoms with van der Waals surface area (Å²) in [5.41, 5.74) is 2.43. The average Bonchev–Trinajstić information content (AvgIpc) is 2.37. The molecule has 0 aromatic heterocycles. The van der Waals surface area contributed by atoms with Crippen LogP contribution in [-0.2, 0) is 4.79 Å². The number of hydrogen-bond donors (Lipinski definition) is 1. The van der Waals surface area contributed by atoms with E-state index < -0.39 is 5.97 Å². The monoisotopic (exact) mass is 325 g/mol. The molecule has 1 aliphatic heterocycles. The van der Waals surface area contributed by atoms with Gasteiger partial charge in [0, 0.05) is 23.5 Å². The number of anilines is 1. The second-order valence-electron chi connectivity index (χ2n) is 5.23. The van der Waals surface area contributed by atoms with Gasteiger partial charge in [0.25, 0.3) is 0 Å². The summed E-state index contributed by atoms with van der Waals surface area (Å²) < 4.78 is 1.11. The van der Waals surface area contributed by atoms with E-state index in [4.69, 9.17) is 5.11 Å². The van der Waals surface area contributed by atoms with Gasteiger partial charge in [0.1, 0.15) is 0 Å². The van der Waals surface area contributed by atoms with E-state index in [9.17, 15) is 4.79 Å². The van der Waals surface area contributed by atoms with Gasteiger partial charge in [-0.05, 0) is 66.2 Å². The van der Waals surface area contributed by atoms with Gasteiger partial charge >= 0.3 is 5.97 Å². The predicted molar refractivity (Wildman–Crippen MR) is 80.7 cm³/mol. The minimum Gasteiger partial charge on any atom is -0.481 e. The van der Waals surface area contributed by atoms with Crippen LogP contribution in [0.15, 0.2) is 22.7 Å². The summed E-state index contributed by atoms with van der Waals surface area (Å²) in [6.45, 7) is 3.10. The standard InChI is InChI=1S/C15H20BrNO2/c1-11-5-7-14(13(16)10-11)17-9-3-2-4-12(17)6-8-15(18)19/h5,7,10,12H,2-4,6,8-9H2,1H3,(H,18,19). The van der Waals surface area contributed by atoms with Crippen molar-refractivity contribution in [3.05, 3.63) is 28.2 Å². The number of rotatable bonds is 4. The second-order valence-corrected chi connectivity index (χ2v) is 6.08. The number of aryl methyl sites for hydroxylation is 1. The summed E-state index contributed by atoms with van der Waals surface area (Å²) in [6.07, 6.45) is 4.46. The fraction of sp³-hybridized carbons (Fsp3) is 0.533. The second kappa shape index (κ2) is 6.42. The molecule has 3 nitrogen and oxygen atoms in total. The van der Waals surface area contributed by atoms with Crippen LogP contribution in [0.3, 0.4) is 0 Å². The maximum Gasteiger partial charge on any atom is 0.303 e. The molecule has 1 aromatic carbocycles. The van der Waals surface area contributed by atoms with E-state index in [0.717, 1.165) is 23.9 Å². The first-order valence-electron chi connectivity index (χ1n) is 6.82. The van der Waals surface area contributed by atoms with E-state index in [-0.39, 0.29) is 6.42 Å². The van der Waals surface area contributed by atoms with Gasteiger partial charge in [-0.15, -0.1) is 0 Å². The van der Waals surface area contributed by atoms with Crippen molar-refractivity contribution in [1.29, 1.82) is 0 Å². The summed E-state index contributed by atoms with van der Waals surface area (Å²) in [5, 5.41) is 8.86. The zero-order valence-corrected chi connectivity index (χ0v) is 12.8. The number of piperidine rings is 1. The van der Waals surface area contributed by atoms with Crippen LogP contribution in [0.5, 0.6) is 0 Å². The molecule has 0 bridgehead atoms. The molecule has 0 amide bonds. The molecule has 1 saturated heterocycles. The molecule has 0 spiro atoms. The van der Waals surface area contributed by atoms with Crippen molar-refractivity contribution in [2.75, 3.05) is 11.4 Å². The number of aliphatic carboxylic acids is 1. The van der Waals surface area contributed by atoms with Crippen LogP contribution >= 0.6 is 15.9 Å². The molecule has 104 valence electrons. The highest BCUT2D eigenvalue weighted by Gasteiger charge is 2.24. The van der Waals surface area contributed by atoms with Crippen LogP contribution in [0.2, 0.25) is 0 Å². The quantitative estimate of drug-likeness (QED) is 0.910. The van der Waals surface area contributed by atoms with Crippen LogP contribution in [0, 0.1) is 6.92 Å². The van der Waals surface area contributed by atoms with E-state index >= 15 is 0 Å². The SMILES string of the molecule is Cc1ccc(N2CCCCC2CCC(=O)O)c(Br)c1. The van der Waals surface area contributed by atoms with Crippen molar-refractivity contribution in [2.24, 2.45) is 0 Å². The number of nitrogens with zero attached hydrogens (tertiary/aromatic N) is 1. The molecule has 0 radical (unpaired) electrons. The van der Waals surface area contributed by atoms with Gasteiger partial charge in [0.2, 0.25) is 0 Å². The molecule has 1 atom stereocenters. The Labute approximate surface area is 122 Å². The van der Waals surface area contributed by atoms with E-state index in [1.807, 2.05) is 0 Å². The molecule has 1 N–H and O–H groups in total. The van der Waals surface area contributed by atoms with Crippen LogP contribution in [0.1, 0.15) is 37.7 Å². The summed E-state index contributed by atoms with van der Waals surface area (Å²) in [4.78, 5) is 13.1. The summed E-state index contributed by atoms with van der Waals surface area (Å²) in [7, 11) is 0. The zero-order chi connectivity index (χ0) is 13.8. The molecule has 4 heteroatoms. The third-order valence-corrected chi connectivity index (χ3v) is 4.37. The highest BCUT2D eigenvalue weighted by Crippen LogP contribution is 2.33. The lowest BCUT2D eigenvalue weighted by Crippen LogP contribution is -2.40. The predicted octanol–water partition coefficient (Wildman–Crippen LogP) is 3.98. The van der Waals surface area contributed by atoms with Crippen molar-refractivity contribution < 1.29 is 9.90 Å². The van der Waals surface area contributed by atoms with Crippen molar-refractivity contribution in [1.82, 2.24) is 0 Å². The van der Waals surface area contributed by atoms with Crippen LogP contribution < -0.4 is 4.90 Å². The Morgan fingerprint density at radius 1 is 1.47 bits per heavy atom. The Morgan fingerprint density at radius 3 is 2.95 bits per heavy atom. The van der Waals surface area contributed by atoms with Gasteiger partial charge in [-0.1, -0.05) is 6.07 Å². The van der Waals surface area contributed by atoms with Crippen molar-refractivity contribution in [3.8, 4) is 0 Å². The number of carbonyl (C=O) groups is 1. The number of hydrogen-bond acceptors (Lipinski definition) is 2. The largest absolute Gasteiger partial charge is 0.481 e. The first-order valence-corrected chi connectivity index (χ1v) is 7.62. The van der Waals surface area contributed by atoms with Gasteiger partial charge in [-0.2, -0.15) is 0 Å². The Hall–Kier alpha value is -1.03. The van der Waals surface area contributed by atoms with E-state index in [0.29, 0.717) is 6.04 Å². The Bertz CT molecular complexity index is 461. The van der Waals surface area contributed by atoms with Crippen molar-refractivity contribution >= 4 is 27.6 Å². The zero-order valence-electron chi connectivity index (χ0n) is 11.2. The molecule has 2 rings (SSSR count). The molecular formula is C15H20BrNO2. The highest BCUT2D eigenvalue weighted by atomic mass is 79.9. The van der Waals surface area contributed by atoms with Crippen molar-refractivity contribution in [3.63, 3.8) is 0 Å². The highest BCUT2D eigenvalue weighted by molar-refractivity contribution is 9.10. The molecule has 19 heavy (non-hydrogen) atoms. The molecular weight excluding hydrogens is 306 g/mol. The third-order valence-electron chi connectivity index (χ3n) is 3.73. The molecule has 1 aliphatic rings. The number of carboxylic acid groups (broad SMARTS) is 1. The first-order chi connectivity index (χ1) is 9.08. The van der Waals surface area contributed by atoms with Crippen molar-refractivity contribution in [2.45, 2.75) is 45.1 Å². The lowest BCUT2D eigenvalue weighted by atomic mass is 9.97. The number of carboxylic acids is 1. The minimum atomic E-state index is -0.700. The van der Waals surface area contributed by atoms with E-state index in [2.05, 4.69) is 46.0 Å². The average molecular weight is 326 g/mol. The summed E-state index contributed by atoms with van der Waals surface area (Å²) in [6, 6.07) is 6.73.